The van der Waals surface area contributed by atoms with Crippen LogP contribution in [0.25, 0.3) is 22.8 Å². The number of benzene rings is 1. The van der Waals surface area contributed by atoms with Gasteiger partial charge in [-0.3, -0.25) is 11.1 Å². The van der Waals surface area contributed by atoms with Crippen molar-refractivity contribution < 1.29 is 26.8 Å². The molecular formula is C19H16BrF4N5O2. The summed E-state index contributed by atoms with van der Waals surface area (Å²) in [5, 5.41) is 6.63. The van der Waals surface area contributed by atoms with E-state index < -0.39 is 36.4 Å². The van der Waals surface area contributed by atoms with Gasteiger partial charge in [-0.05, 0) is 41.1 Å². The first-order chi connectivity index (χ1) is 14.5. The second-order valence-corrected chi connectivity index (χ2v) is 8.18. The number of nitrogens with one attached hydrogen (secondary N) is 1. The van der Waals surface area contributed by atoms with Crippen LogP contribution in [0.1, 0.15) is 18.9 Å². The highest BCUT2D eigenvalue weighted by molar-refractivity contribution is 9.10. The summed E-state index contributed by atoms with van der Waals surface area (Å²) >= 11 is 3.24. The highest BCUT2D eigenvalue weighted by Crippen LogP contribution is 2.40. The van der Waals surface area contributed by atoms with Crippen LogP contribution in [0.2, 0.25) is 0 Å². The maximum atomic E-state index is 14.7. The molecule has 12 heteroatoms. The lowest BCUT2D eigenvalue weighted by Crippen LogP contribution is -2.61. The van der Waals surface area contributed by atoms with E-state index in [4.69, 9.17) is 15.0 Å². The van der Waals surface area contributed by atoms with Gasteiger partial charge in [0, 0.05) is 41.5 Å². The average molecular weight is 502 g/mol. The summed E-state index contributed by atoms with van der Waals surface area (Å²) in [6.45, 7) is 1.44. The SMILES string of the molecule is C[C@@]1(c2cc(-c3cc(-c4ncc(Br)cn4)no3)ccc2F)C[C@@H](C(F)(F)F)OC(N)N1. The van der Waals surface area contributed by atoms with E-state index in [9.17, 15) is 17.6 Å². The summed E-state index contributed by atoms with van der Waals surface area (Å²) in [6, 6.07) is 5.56. The van der Waals surface area contributed by atoms with Gasteiger partial charge < -0.3 is 9.26 Å². The van der Waals surface area contributed by atoms with Gasteiger partial charge in [0.2, 0.25) is 0 Å². The van der Waals surface area contributed by atoms with Crippen LogP contribution in [0.5, 0.6) is 0 Å². The molecule has 1 aliphatic heterocycles. The van der Waals surface area contributed by atoms with Crippen molar-refractivity contribution in [1.82, 2.24) is 20.4 Å². The third kappa shape index (κ3) is 4.47. The summed E-state index contributed by atoms with van der Waals surface area (Å²) in [6.07, 6.45) is -5.66. The molecule has 4 rings (SSSR count). The number of rotatable bonds is 3. The summed E-state index contributed by atoms with van der Waals surface area (Å²) in [5.41, 5.74) is 4.94. The number of ether oxygens (including phenoxy) is 1. The van der Waals surface area contributed by atoms with Crippen molar-refractivity contribution in [3.63, 3.8) is 0 Å². The Bertz CT molecular complexity index is 1090. The molecule has 3 heterocycles. The Kier molecular flexibility index (Phi) is 5.58. The standard InChI is InChI=1S/C19H16BrF4N5O2/c1-18(6-15(19(22,23)24)30-17(25)28-18)11-4-9(2-3-12(11)21)14-5-13(29-31-14)16-26-7-10(20)8-27-16/h2-5,7-8,15,17,28H,6,25H2,1H3/t15-,17?,18-/m0/s1. The molecule has 1 unspecified atom stereocenters. The molecule has 0 aliphatic carbocycles. The van der Waals surface area contributed by atoms with Crippen LogP contribution < -0.4 is 11.1 Å². The topological polar surface area (TPSA) is 99.1 Å². The van der Waals surface area contributed by atoms with E-state index in [0.29, 0.717) is 21.6 Å². The van der Waals surface area contributed by atoms with Crippen LogP contribution in [0.4, 0.5) is 17.6 Å². The van der Waals surface area contributed by atoms with Crippen LogP contribution >= 0.6 is 15.9 Å². The molecule has 1 fully saturated rings. The molecule has 0 spiro atoms. The van der Waals surface area contributed by atoms with Crippen LogP contribution in [-0.2, 0) is 10.3 Å². The fourth-order valence-electron chi connectivity index (χ4n) is 3.45. The fraction of sp³-hybridized carbons (Fsp3) is 0.316. The minimum absolute atomic E-state index is 0.00385. The van der Waals surface area contributed by atoms with E-state index in [1.807, 2.05) is 0 Å². The van der Waals surface area contributed by atoms with Crippen LogP contribution in [0.3, 0.4) is 0 Å². The zero-order chi connectivity index (χ0) is 22.4. The average Bonchev–Trinajstić information content (AvgIpc) is 3.17. The number of hydrogen-bond acceptors (Lipinski definition) is 7. The van der Waals surface area contributed by atoms with Crippen molar-refractivity contribution in [2.75, 3.05) is 0 Å². The maximum Gasteiger partial charge on any atom is 0.414 e. The van der Waals surface area contributed by atoms with E-state index in [0.717, 1.165) is 6.07 Å². The Morgan fingerprint density at radius 1 is 1.23 bits per heavy atom. The molecule has 164 valence electrons. The number of hydrogen-bond donors (Lipinski definition) is 2. The van der Waals surface area contributed by atoms with Crippen molar-refractivity contribution >= 4 is 15.9 Å². The lowest BCUT2D eigenvalue weighted by atomic mass is 9.83. The van der Waals surface area contributed by atoms with E-state index in [-0.39, 0.29) is 11.3 Å². The van der Waals surface area contributed by atoms with Crippen LogP contribution in [0, 0.1) is 5.82 Å². The predicted octanol–water partition coefficient (Wildman–Crippen LogP) is 4.10. The molecule has 0 radical (unpaired) electrons. The molecule has 2 aromatic heterocycles. The first kappa shape index (κ1) is 21.8. The number of nitrogens with two attached hydrogens (primary N) is 1. The van der Waals surface area contributed by atoms with Gasteiger partial charge in [0.15, 0.2) is 29.7 Å². The number of alkyl halides is 3. The Morgan fingerprint density at radius 3 is 2.61 bits per heavy atom. The predicted molar refractivity (Wildman–Crippen MR) is 105 cm³/mol. The molecule has 0 amide bonds. The third-order valence-corrected chi connectivity index (χ3v) is 5.34. The van der Waals surface area contributed by atoms with Crippen molar-refractivity contribution in [2.24, 2.45) is 5.73 Å². The second kappa shape index (κ2) is 7.93. The largest absolute Gasteiger partial charge is 0.414 e. The minimum atomic E-state index is -4.64. The molecule has 1 aliphatic rings. The summed E-state index contributed by atoms with van der Waals surface area (Å²) < 4.78 is 65.3. The van der Waals surface area contributed by atoms with E-state index in [1.54, 1.807) is 18.5 Å². The fourth-order valence-corrected chi connectivity index (χ4v) is 3.65. The molecular weight excluding hydrogens is 486 g/mol. The first-order valence-corrected chi connectivity index (χ1v) is 9.85. The van der Waals surface area contributed by atoms with Gasteiger partial charge in [0.1, 0.15) is 5.82 Å². The molecule has 1 aromatic carbocycles. The Morgan fingerprint density at radius 2 is 1.94 bits per heavy atom. The Labute approximate surface area is 182 Å². The van der Waals surface area contributed by atoms with Crippen LogP contribution in [-0.4, -0.2) is 33.8 Å². The lowest BCUT2D eigenvalue weighted by molar-refractivity contribution is -0.260. The molecule has 7 nitrogen and oxygen atoms in total. The normalized spacial score (nSPS) is 24.4. The van der Waals surface area contributed by atoms with Crippen molar-refractivity contribution in [3.05, 3.63) is 52.5 Å². The molecule has 3 aromatic rings. The monoisotopic (exact) mass is 501 g/mol. The molecule has 0 saturated carbocycles. The number of nitrogens with zero attached hydrogens (tertiary/aromatic N) is 3. The van der Waals surface area contributed by atoms with E-state index >= 15 is 0 Å². The second-order valence-electron chi connectivity index (χ2n) is 7.26. The maximum absolute atomic E-state index is 14.7. The highest BCUT2D eigenvalue weighted by Gasteiger charge is 2.50. The molecule has 3 N–H and O–H groups in total. The van der Waals surface area contributed by atoms with Gasteiger partial charge in [-0.2, -0.15) is 13.2 Å². The summed E-state index contributed by atoms with van der Waals surface area (Å²) in [4.78, 5) is 8.25. The van der Waals surface area contributed by atoms with Crippen molar-refractivity contribution in [2.45, 2.75) is 37.5 Å². The van der Waals surface area contributed by atoms with Gasteiger partial charge in [-0.1, -0.05) is 5.16 Å². The third-order valence-electron chi connectivity index (χ3n) is 4.94. The van der Waals surface area contributed by atoms with Gasteiger partial charge in [-0.15, -0.1) is 0 Å². The quantitative estimate of drug-likeness (QED) is 0.521. The molecule has 0 bridgehead atoms. The molecule has 31 heavy (non-hydrogen) atoms. The van der Waals surface area contributed by atoms with E-state index in [1.165, 1.54) is 19.1 Å². The molecule has 3 atom stereocenters. The van der Waals surface area contributed by atoms with Crippen LogP contribution in [0.15, 0.2) is 45.7 Å². The van der Waals surface area contributed by atoms with Gasteiger partial charge in [0.05, 0.1) is 4.47 Å². The van der Waals surface area contributed by atoms with Gasteiger partial charge in [-0.25, -0.2) is 14.4 Å². The number of halogens is 5. The Hall–Kier alpha value is -2.41. The van der Waals surface area contributed by atoms with Crippen molar-refractivity contribution in [1.29, 1.82) is 0 Å². The lowest BCUT2D eigenvalue weighted by Gasteiger charge is -2.43. The summed E-state index contributed by atoms with van der Waals surface area (Å²) in [7, 11) is 0. The Balaban J connectivity index is 1.68. The smallest absolute Gasteiger partial charge is 0.356 e. The molecule has 1 saturated heterocycles. The van der Waals surface area contributed by atoms with Gasteiger partial charge >= 0.3 is 6.18 Å². The van der Waals surface area contributed by atoms with Crippen molar-refractivity contribution in [3.8, 4) is 22.8 Å². The zero-order valence-corrected chi connectivity index (χ0v) is 17.5. The van der Waals surface area contributed by atoms with E-state index in [2.05, 4.69) is 36.4 Å². The highest BCUT2D eigenvalue weighted by atomic mass is 79.9. The number of aromatic nitrogens is 3. The first-order valence-electron chi connectivity index (χ1n) is 9.06. The summed E-state index contributed by atoms with van der Waals surface area (Å²) in [5.74, 6) is -0.0996. The minimum Gasteiger partial charge on any atom is -0.356 e. The van der Waals surface area contributed by atoms with Gasteiger partial charge in [0.25, 0.3) is 0 Å². The zero-order valence-electron chi connectivity index (χ0n) is 16.0.